The zero-order valence-corrected chi connectivity index (χ0v) is 17.8. The van der Waals surface area contributed by atoms with E-state index in [0.717, 1.165) is 40.7 Å². The molecule has 0 fully saturated rings. The predicted molar refractivity (Wildman–Crippen MR) is 117 cm³/mol. The van der Waals surface area contributed by atoms with E-state index in [4.69, 9.17) is 0 Å². The Kier molecular flexibility index (Phi) is 5.29. The second-order valence-corrected chi connectivity index (χ2v) is 9.93. The quantitative estimate of drug-likeness (QED) is 0.486. The first-order chi connectivity index (χ1) is 13.4. The number of hydrogen-bond acceptors (Lipinski definition) is 5. The molecule has 1 amide bonds. The van der Waals surface area contributed by atoms with Gasteiger partial charge in [0.05, 0.1) is 10.6 Å². The maximum atomic E-state index is 12.7. The standard InChI is InChI=1S/C21H23N3O2S2/c1-11-4-7-14(8-5-11)22-18(25)13(3)27-21-23-19(26)17-15-9-6-12(2)10-16(15)28-20(17)24-21/h4-5,7-8,12-13H,6,9-10H2,1-3H3,(H,22,25)(H,23,24,26)/t12-,13-/m1/s1. The van der Waals surface area contributed by atoms with Gasteiger partial charge in [-0.1, -0.05) is 36.4 Å². The molecule has 0 saturated carbocycles. The highest BCUT2D eigenvalue weighted by Crippen LogP contribution is 2.36. The first-order valence-corrected chi connectivity index (χ1v) is 11.2. The molecule has 0 radical (unpaired) electrons. The van der Waals surface area contributed by atoms with Crippen LogP contribution in [-0.2, 0) is 17.6 Å². The molecule has 2 N–H and O–H groups in total. The molecule has 2 aromatic heterocycles. The molecule has 0 spiro atoms. The third-order valence-corrected chi connectivity index (χ3v) is 7.25. The summed E-state index contributed by atoms with van der Waals surface area (Å²) in [6.07, 6.45) is 3.09. The number of aromatic nitrogens is 2. The fourth-order valence-corrected chi connectivity index (χ4v) is 5.72. The van der Waals surface area contributed by atoms with E-state index in [2.05, 4.69) is 22.2 Å². The number of aryl methyl sites for hydroxylation is 2. The molecule has 2 heterocycles. The molecule has 0 unspecified atom stereocenters. The van der Waals surface area contributed by atoms with Gasteiger partial charge < -0.3 is 10.3 Å². The lowest BCUT2D eigenvalue weighted by molar-refractivity contribution is -0.115. The number of hydrogen-bond donors (Lipinski definition) is 2. The number of thioether (sulfide) groups is 1. The van der Waals surface area contributed by atoms with Crippen molar-refractivity contribution in [3.8, 4) is 0 Å². The molecular formula is C21H23N3O2S2. The van der Waals surface area contributed by atoms with Crippen LogP contribution in [0.5, 0.6) is 0 Å². The molecule has 146 valence electrons. The number of carbonyl (C=O) groups excluding carboxylic acids is 1. The molecule has 5 nitrogen and oxygen atoms in total. The van der Waals surface area contributed by atoms with Gasteiger partial charge in [0, 0.05) is 10.6 Å². The van der Waals surface area contributed by atoms with Crippen molar-refractivity contribution in [2.45, 2.75) is 50.4 Å². The van der Waals surface area contributed by atoms with Gasteiger partial charge in [-0.3, -0.25) is 9.59 Å². The summed E-state index contributed by atoms with van der Waals surface area (Å²) < 4.78 is 0. The van der Waals surface area contributed by atoms with E-state index in [1.165, 1.54) is 22.2 Å². The Labute approximate surface area is 172 Å². The van der Waals surface area contributed by atoms with Gasteiger partial charge in [-0.25, -0.2) is 4.98 Å². The van der Waals surface area contributed by atoms with Crippen LogP contribution in [0.3, 0.4) is 0 Å². The average molecular weight is 414 g/mol. The molecule has 7 heteroatoms. The van der Waals surface area contributed by atoms with Crippen LogP contribution in [0.15, 0.2) is 34.2 Å². The molecule has 3 aromatic rings. The summed E-state index contributed by atoms with van der Waals surface area (Å²) in [5, 5.41) is 3.77. The number of fused-ring (bicyclic) bond motifs is 3. The smallest absolute Gasteiger partial charge is 0.260 e. The summed E-state index contributed by atoms with van der Waals surface area (Å²) in [5.74, 6) is 0.537. The van der Waals surface area contributed by atoms with Crippen molar-refractivity contribution in [2.24, 2.45) is 5.92 Å². The number of nitrogens with zero attached hydrogens (tertiary/aromatic N) is 1. The molecule has 28 heavy (non-hydrogen) atoms. The number of rotatable bonds is 4. The Morgan fingerprint density at radius 1 is 1.36 bits per heavy atom. The minimum atomic E-state index is -0.378. The summed E-state index contributed by atoms with van der Waals surface area (Å²) in [4.78, 5) is 34.8. The van der Waals surface area contributed by atoms with Gasteiger partial charge in [-0.2, -0.15) is 0 Å². The number of amides is 1. The summed E-state index contributed by atoms with van der Waals surface area (Å²) in [6, 6.07) is 7.68. The van der Waals surface area contributed by atoms with E-state index in [-0.39, 0.29) is 16.7 Å². The monoisotopic (exact) mass is 413 g/mol. The van der Waals surface area contributed by atoms with E-state index < -0.39 is 0 Å². The molecule has 0 aliphatic heterocycles. The van der Waals surface area contributed by atoms with Gasteiger partial charge in [0.2, 0.25) is 5.91 Å². The topological polar surface area (TPSA) is 74.8 Å². The Balaban J connectivity index is 1.53. The fraction of sp³-hybridized carbons (Fsp3) is 0.381. The lowest BCUT2D eigenvalue weighted by atomic mass is 9.89. The van der Waals surface area contributed by atoms with Crippen LogP contribution >= 0.6 is 23.1 Å². The molecule has 1 aliphatic rings. The Morgan fingerprint density at radius 3 is 2.86 bits per heavy atom. The molecule has 1 aromatic carbocycles. The molecule has 4 rings (SSSR count). The number of thiophene rings is 1. The second-order valence-electron chi connectivity index (χ2n) is 7.52. The van der Waals surface area contributed by atoms with Crippen LogP contribution in [0, 0.1) is 12.8 Å². The summed E-state index contributed by atoms with van der Waals surface area (Å²) in [6.45, 7) is 6.07. The SMILES string of the molecule is Cc1ccc(NC(=O)[C@@H](C)Sc2nc3sc4c(c3c(=O)[nH]2)CC[C@@H](C)C4)cc1. The predicted octanol–water partition coefficient (Wildman–Crippen LogP) is 4.54. The normalized spacial score (nSPS) is 17.3. The summed E-state index contributed by atoms with van der Waals surface area (Å²) in [7, 11) is 0. The van der Waals surface area contributed by atoms with E-state index in [0.29, 0.717) is 11.1 Å². The number of benzene rings is 1. The third kappa shape index (κ3) is 3.86. The molecule has 1 aliphatic carbocycles. The highest BCUT2D eigenvalue weighted by Gasteiger charge is 2.24. The average Bonchev–Trinajstić information content (AvgIpc) is 3.01. The molecule has 0 saturated heterocycles. The van der Waals surface area contributed by atoms with Crippen LogP contribution in [0.4, 0.5) is 5.69 Å². The van der Waals surface area contributed by atoms with Crippen LogP contribution in [0.1, 0.15) is 36.3 Å². The van der Waals surface area contributed by atoms with Crippen LogP contribution in [0.2, 0.25) is 0 Å². The lowest BCUT2D eigenvalue weighted by Gasteiger charge is -2.17. The zero-order chi connectivity index (χ0) is 19.8. The van der Waals surface area contributed by atoms with Crippen LogP contribution < -0.4 is 10.9 Å². The first kappa shape index (κ1) is 19.2. The maximum absolute atomic E-state index is 12.7. The zero-order valence-electron chi connectivity index (χ0n) is 16.2. The lowest BCUT2D eigenvalue weighted by Crippen LogP contribution is -2.23. The van der Waals surface area contributed by atoms with Crippen LogP contribution in [-0.4, -0.2) is 21.1 Å². The Morgan fingerprint density at radius 2 is 2.11 bits per heavy atom. The van der Waals surface area contributed by atoms with E-state index >= 15 is 0 Å². The van der Waals surface area contributed by atoms with Crippen LogP contribution in [0.25, 0.3) is 10.2 Å². The first-order valence-electron chi connectivity index (χ1n) is 9.49. The van der Waals surface area contributed by atoms with E-state index in [9.17, 15) is 9.59 Å². The van der Waals surface area contributed by atoms with Crippen molar-refractivity contribution in [3.63, 3.8) is 0 Å². The van der Waals surface area contributed by atoms with E-state index in [1.807, 2.05) is 38.1 Å². The van der Waals surface area contributed by atoms with Gasteiger partial charge in [0.25, 0.3) is 5.56 Å². The highest BCUT2D eigenvalue weighted by molar-refractivity contribution is 8.00. The Bertz CT molecular complexity index is 1090. The number of carbonyl (C=O) groups is 1. The van der Waals surface area contributed by atoms with Crippen molar-refractivity contribution in [2.75, 3.05) is 5.32 Å². The summed E-state index contributed by atoms with van der Waals surface area (Å²) in [5.41, 5.74) is 2.99. The minimum absolute atomic E-state index is 0.0919. The van der Waals surface area contributed by atoms with Gasteiger partial charge >= 0.3 is 0 Å². The summed E-state index contributed by atoms with van der Waals surface area (Å²) >= 11 is 2.90. The molecule has 2 atom stereocenters. The number of aromatic amines is 1. The second kappa shape index (κ2) is 7.72. The molecular weight excluding hydrogens is 390 g/mol. The Hall–Kier alpha value is -2.12. The van der Waals surface area contributed by atoms with Gasteiger partial charge in [-0.15, -0.1) is 11.3 Å². The van der Waals surface area contributed by atoms with Crippen molar-refractivity contribution in [1.29, 1.82) is 0 Å². The minimum Gasteiger partial charge on any atom is -0.325 e. The van der Waals surface area contributed by atoms with Gasteiger partial charge in [0.15, 0.2) is 5.16 Å². The van der Waals surface area contributed by atoms with Gasteiger partial charge in [-0.05, 0) is 56.7 Å². The number of nitrogens with one attached hydrogen (secondary N) is 2. The number of anilines is 1. The fourth-order valence-electron chi connectivity index (χ4n) is 3.49. The van der Waals surface area contributed by atoms with Crippen molar-refractivity contribution in [1.82, 2.24) is 9.97 Å². The largest absolute Gasteiger partial charge is 0.325 e. The maximum Gasteiger partial charge on any atom is 0.260 e. The van der Waals surface area contributed by atoms with Crippen molar-refractivity contribution >= 4 is 44.9 Å². The number of H-pyrrole nitrogens is 1. The van der Waals surface area contributed by atoms with E-state index in [1.54, 1.807) is 11.3 Å². The third-order valence-electron chi connectivity index (χ3n) is 5.12. The van der Waals surface area contributed by atoms with Crippen molar-refractivity contribution < 1.29 is 4.79 Å². The highest BCUT2D eigenvalue weighted by atomic mass is 32.2. The van der Waals surface area contributed by atoms with Crippen molar-refractivity contribution in [3.05, 3.63) is 50.6 Å². The van der Waals surface area contributed by atoms with Gasteiger partial charge in [0.1, 0.15) is 4.83 Å². The molecule has 0 bridgehead atoms.